The maximum absolute atomic E-state index is 12.6. The number of esters is 2. The minimum Gasteiger partial charge on any atom is -0.493 e. The van der Waals surface area contributed by atoms with Crippen molar-refractivity contribution in [2.24, 2.45) is 0 Å². The number of benzene rings is 1. The van der Waals surface area contributed by atoms with E-state index < -0.39 is 23.8 Å². The van der Waals surface area contributed by atoms with Crippen LogP contribution in [0.2, 0.25) is 0 Å². The number of Topliss-reactive ketones (excluding diaryl/α,β-unsaturated/α-hetero) is 1. The van der Waals surface area contributed by atoms with Gasteiger partial charge < -0.3 is 19.2 Å². The number of aromatic nitrogens is 1. The Morgan fingerprint density at radius 2 is 1.79 bits per heavy atom. The zero-order valence-electron chi connectivity index (χ0n) is 16.8. The third-order valence-electron chi connectivity index (χ3n) is 4.41. The van der Waals surface area contributed by atoms with Crippen molar-refractivity contribution in [3.63, 3.8) is 0 Å². The maximum Gasteiger partial charge on any atom is 0.339 e. The van der Waals surface area contributed by atoms with Crippen molar-refractivity contribution in [2.45, 2.75) is 40.2 Å². The van der Waals surface area contributed by atoms with Gasteiger partial charge in [0.1, 0.15) is 5.75 Å². The van der Waals surface area contributed by atoms with Gasteiger partial charge in [0.25, 0.3) is 0 Å². The largest absolute Gasteiger partial charge is 0.493 e. The molecule has 0 aliphatic heterocycles. The molecule has 1 heterocycles. The van der Waals surface area contributed by atoms with Crippen LogP contribution in [0.3, 0.4) is 0 Å². The number of aryl methyl sites for hydroxylation is 2. The first kappa shape index (κ1) is 21.2. The summed E-state index contributed by atoms with van der Waals surface area (Å²) in [4.78, 5) is 39.4. The Morgan fingerprint density at radius 3 is 2.43 bits per heavy atom. The summed E-state index contributed by atoms with van der Waals surface area (Å²) < 4.78 is 15.5. The number of H-pyrrole nitrogens is 1. The van der Waals surface area contributed by atoms with Gasteiger partial charge >= 0.3 is 11.9 Å². The van der Waals surface area contributed by atoms with E-state index in [1.54, 1.807) is 13.8 Å². The first-order chi connectivity index (χ1) is 13.3. The fourth-order valence-corrected chi connectivity index (χ4v) is 2.88. The van der Waals surface area contributed by atoms with Gasteiger partial charge in [0, 0.05) is 5.69 Å². The van der Waals surface area contributed by atoms with Crippen molar-refractivity contribution in [3.8, 4) is 5.75 Å². The van der Waals surface area contributed by atoms with Gasteiger partial charge in [-0.2, -0.15) is 0 Å². The summed E-state index contributed by atoms with van der Waals surface area (Å²) in [6.45, 7) is 6.88. The summed E-state index contributed by atoms with van der Waals surface area (Å²) in [5.41, 5.74) is 2.52. The van der Waals surface area contributed by atoms with Gasteiger partial charge in [0.15, 0.2) is 6.10 Å². The van der Waals surface area contributed by atoms with Gasteiger partial charge in [-0.15, -0.1) is 0 Å². The molecule has 0 bridgehead atoms. The zero-order valence-corrected chi connectivity index (χ0v) is 16.8. The molecule has 2 rings (SSSR count). The molecule has 1 atom stereocenters. The number of ether oxygens (including phenoxy) is 3. The summed E-state index contributed by atoms with van der Waals surface area (Å²) >= 11 is 0. The van der Waals surface area contributed by atoms with E-state index in [0.29, 0.717) is 22.6 Å². The van der Waals surface area contributed by atoms with E-state index in [4.69, 9.17) is 14.2 Å². The molecule has 150 valence electrons. The Labute approximate surface area is 164 Å². The SMILES string of the molecule is COC(=O)c1c(C)[nH]c(C(=O)[C@@H](C)OC(=O)CCOc2ccccc2C)c1C. The molecule has 28 heavy (non-hydrogen) atoms. The predicted octanol–water partition coefficient (Wildman–Crippen LogP) is 3.31. The van der Waals surface area contributed by atoms with Gasteiger partial charge in [-0.25, -0.2) is 4.79 Å². The van der Waals surface area contributed by atoms with Crippen molar-refractivity contribution in [1.29, 1.82) is 0 Å². The third-order valence-corrected chi connectivity index (χ3v) is 4.41. The predicted molar refractivity (Wildman–Crippen MR) is 103 cm³/mol. The molecule has 2 aromatic rings. The van der Waals surface area contributed by atoms with Crippen molar-refractivity contribution in [1.82, 2.24) is 4.98 Å². The molecule has 0 radical (unpaired) electrons. The zero-order chi connectivity index (χ0) is 20.8. The number of hydrogen-bond donors (Lipinski definition) is 1. The normalized spacial score (nSPS) is 11.6. The smallest absolute Gasteiger partial charge is 0.339 e. The first-order valence-electron chi connectivity index (χ1n) is 8.95. The molecule has 1 aromatic heterocycles. The van der Waals surface area contributed by atoms with Crippen LogP contribution in [0.4, 0.5) is 0 Å². The fourth-order valence-electron chi connectivity index (χ4n) is 2.88. The number of methoxy groups -OCH3 is 1. The lowest BCUT2D eigenvalue weighted by Crippen LogP contribution is -2.26. The lowest BCUT2D eigenvalue weighted by Gasteiger charge is -2.13. The second kappa shape index (κ2) is 9.21. The molecule has 0 spiro atoms. The molecule has 0 saturated carbocycles. The second-order valence-corrected chi connectivity index (χ2v) is 6.48. The monoisotopic (exact) mass is 387 g/mol. The lowest BCUT2D eigenvalue weighted by molar-refractivity contribution is -0.146. The second-order valence-electron chi connectivity index (χ2n) is 6.48. The number of carbonyl (C=O) groups is 3. The van der Waals surface area contributed by atoms with Crippen LogP contribution in [-0.4, -0.2) is 42.5 Å². The molecule has 0 fully saturated rings. The molecule has 7 nitrogen and oxygen atoms in total. The topological polar surface area (TPSA) is 94.7 Å². The first-order valence-corrected chi connectivity index (χ1v) is 8.95. The summed E-state index contributed by atoms with van der Waals surface area (Å²) in [6, 6.07) is 7.49. The molecule has 0 aliphatic rings. The summed E-state index contributed by atoms with van der Waals surface area (Å²) in [7, 11) is 1.28. The Bertz CT molecular complexity index is 883. The van der Waals surface area contributed by atoms with Crippen LogP contribution >= 0.6 is 0 Å². The number of carbonyl (C=O) groups excluding carboxylic acids is 3. The highest BCUT2D eigenvalue weighted by atomic mass is 16.5. The number of para-hydroxylation sites is 1. The van der Waals surface area contributed by atoms with E-state index in [2.05, 4.69) is 4.98 Å². The van der Waals surface area contributed by atoms with Gasteiger partial charge in [-0.3, -0.25) is 9.59 Å². The van der Waals surface area contributed by atoms with Crippen LogP contribution in [0.5, 0.6) is 5.75 Å². The van der Waals surface area contributed by atoms with Crippen molar-refractivity contribution in [3.05, 3.63) is 52.3 Å². The van der Waals surface area contributed by atoms with Crippen LogP contribution in [-0.2, 0) is 14.3 Å². The van der Waals surface area contributed by atoms with E-state index >= 15 is 0 Å². The third kappa shape index (κ3) is 4.79. The van der Waals surface area contributed by atoms with E-state index in [1.807, 2.05) is 31.2 Å². The number of hydrogen-bond acceptors (Lipinski definition) is 6. The van der Waals surface area contributed by atoms with E-state index in [1.165, 1.54) is 14.0 Å². The number of rotatable bonds is 8. The quantitative estimate of drug-likeness (QED) is 0.552. The highest BCUT2D eigenvalue weighted by Gasteiger charge is 2.27. The molecule has 0 saturated heterocycles. The summed E-state index contributed by atoms with van der Waals surface area (Å²) in [5, 5.41) is 0. The standard InChI is InChI=1S/C21H25NO6/c1-12-8-6-7-9-16(12)27-11-10-17(23)28-15(4)20(24)19-13(2)18(14(3)22-19)21(25)26-5/h6-9,15,22H,10-11H2,1-5H3/t15-/m1/s1. The van der Waals surface area contributed by atoms with Crippen LogP contribution in [0.1, 0.15) is 51.0 Å². The van der Waals surface area contributed by atoms with Crippen LogP contribution in [0, 0.1) is 20.8 Å². The Balaban J connectivity index is 1.94. The minimum absolute atomic E-state index is 0.0160. The minimum atomic E-state index is -0.992. The molecule has 0 aliphatic carbocycles. The summed E-state index contributed by atoms with van der Waals surface area (Å²) in [5.74, 6) is -0.775. The highest BCUT2D eigenvalue weighted by molar-refractivity contribution is 6.03. The molecule has 1 N–H and O–H groups in total. The molecule has 0 amide bonds. The van der Waals surface area contributed by atoms with E-state index in [-0.39, 0.29) is 18.7 Å². The van der Waals surface area contributed by atoms with Crippen LogP contribution in [0.25, 0.3) is 0 Å². The van der Waals surface area contributed by atoms with Crippen molar-refractivity contribution < 1.29 is 28.6 Å². The average Bonchev–Trinajstić information content (AvgIpc) is 2.96. The summed E-state index contributed by atoms with van der Waals surface area (Å²) in [6.07, 6.45) is -0.976. The molecule has 0 unspecified atom stereocenters. The highest BCUT2D eigenvalue weighted by Crippen LogP contribution is 2.21. The van der Waals surface area contributed by atoms with Gasteiger partial charge in [-0.1, -0.05) is 18.2 Å². The average molecular weight is 387 g/mol. The van der Waals surface area contributed by atoms with Gasteiger partial charge in [0.2, 0.25) is 5.78 Å². The molecule has 7 heteroatoms. The number of nitrogens with one attached hydrogen (secondary N) is 1. The van der Waals surface area contributed by atoms with Crippen LogP contribution < -0.4 is 4.74 Å². The maximum atomic E-state index is 12.6. The molecular formula is C21H25NO6. The Morgan fingerprint density at radius 1 is 1.11 bits per heavy atom. The van der Waals surface area contributed by atoms with Crippen molar-refractivity contribution >= 4 is 17.7 Å². The lowest BCUT2D eigenvalue weighted by atomic mass is 10.1. The number of ketones is 1. The van der Waals surface area contributed by atoms with Gasteiger partial charge in [0.05, 0.1) is 31.4 Å². The fraction of sp³-hybridized carbons (Fsp3) is 0.381. The van der Waals surface area contributed by atoms with Gasteiger partial charge in [-0.05, 0) is 44.9 Å². The Hall–Kier alpha value is -3.09. The number of aromatic amines is 1. The van der Waals surface area contributed by atoms with Crippen LogP contribution in [0.15, 0.2) is 24.3 Å². The Kier molecular flexibility index (Phi) is 6.98. The van der Waals surface area contributed by atoms with Crippen molar-refractivity contribution in [2.75, 3.05) is 13.7 Å². The van der Waals surface area contributed by atoms with E-state index in [0.717, 1.165) is 5.56 Å². The van der Waals surface area contributed by atoms with E-state index in [9.17, 15) is 14.4 Å². The molecule has 1 aromatic carbocycles. The molecular weight excluding hydrogens is 362 g/mol.